The second kappa shape index (κ2) is 14.0. The van der Waals surface area contributed by atoms with Gasteiger partial charge in [-0.05, 0) is 71.8 Å². The molecule has 0 aliphatic rings. The van der Waals surface area contributed by atoms with Crippen LogP contribution >= 0.6 is 0 Å². The van der Waals surface area contributed by atoms with E-state index in [1.165, 1.54) is 42.6 Å². The zero-order valence-corrected chi connectivity index (χ0v) is 22.6. The Morgan fingerprint density at radius 1 is 0.829 bits per heavy atom. The van der Waals surface area contributed by atoms with E-state index in [9.17, 15) is 22.4 Å². The molecule has 210 valence electrons. The monoisotopic (exact) mass is 574 g/mol. The smallest absolute Gasteiger partial charge is 0.262 e. The fraction of sp³-hybridized carbons (Fsp3) is 0.100. The van der Waals surface area contributed by atoms with Gasteiger partial charge in [-0.25, -0.2) is 18.2 Å². The van der Waals surface area contributed by atoms with Crippen molar-refractivity contribution in [1.82, 2.24) is 9.73 Å². The van der Waals surface area contributed by atoms with E-state index < -0.39 is 34.2 Å². The molecule has 0 unspecified atom stereocenters. The summed E-state index contributed by atoms with van der Waals surface area (Å²) < 4.78 is 46.0. The number of sulfonamides is 1. The quantitative estimate of drug-likeness (QED) is 0.195. The molecule has 0 radical (unpaired) electrons. The number of rotatable bonds is 12. The molecule has 0 fully saturated rings. The highest BCUT2D eigenvalue weighted by Crippen LogP contribution is 2.18. The lowest BCUT2D eigenvalue weighted by molar-refractivity contribution is -0.121. The summed E-state index contributed by atoms with van der Waals surface area (Å²) in [4.78, 5) is 24.8. The highest BCUT2D eigenvalue weighted by Gasteiger charge is 2.26. The first-order valence-corrected chi connectivity index (χ1v) is 13.9. The molecule has 4 aromatic rings. The van der Waals surface area contributed by atoms with Crippen LogP contribution in [-0.2, 0) is 26.2 Å². The lowest BCUT2D eigenvalue weighted by atomic mass is 10.2. The lowest BCUT2D eigenvalue weighted by Gasteiger charge is -2.21. The van der Waals surface area contributed by atoms with Crippen molar-refractivity contribution in [2.75, 3.05) is 18.5 Å². The molecule has 0 saturated heterocycles. The van der Waals surface area contributed by atoms with E-state index in [0.717, 1.165) is 9.87 Å². The first-order valence-electron chi connectivity index (χ1n) is 12.5. The molecule has 0 aliphatic heterocycles. The molecule has 0 aliphatic carbocycles. The number of anilines is 1. The number of amides is 2. The summed E-state index contributed by atoms with van der Waals surface area (Å²) in [6.45, 7) is -0.666. The molecule has 0 spiro atoms. The van der Waals surface area contributed by atoms with Gasteiger partial charge in [0.15, 0.2) is 6.61 Å². The molecule has 9 nitrogen and oxygen atoms in total. The number of halogens is 1. The van der Waals surface area contributed by atoms with Crippen LogP contribution in [0, 0.1) is 5.82 Å². The van der Waals surface area contributed by atoms with Gasteiger partial charge in [0, 0.05) is 12.2 Å². The SMILES string of the molecule is O=C(CN(Cc1ccccc1)S(=O)(=O)c1ccccc1)N/N=C/c1ccc(OCC(=O)Nc2ccc(F)cc2)cc1. The maximum atomic E-state index is 13.3. The Morgan fingerprint density at radius 2 is 1.46 bits per heavy atom. The topological polar surface area (TPSA) is 117 Å². The summed E-state index contributed by atoms with van der Waals surface area (Å²) in [6.07, 6.45) is 1.40. The van der Waals surface area contributed by atoms with Crippen molar-refractivity contribution in [3.05, 3.63) is 126 Å². The van der Waals surface area contributed by atoms with Crippen molar-refractivity contribution >= 4 is 33.7 Å². The molecule has 0 aromatic heterocycles. The van der Waals surface area contributed by atoms with Crippen molar-refractivity contribution in [1.29, 1.82) is 0 Å². The minimum absolute atomic E-state index is 0.0125. The van der Waals surface area contributed by atoms with Gasteiger partial charge in [-0.3, -0.25) is 9.59 Å². The van der Waals surface area contributed by atoms with Gasteiger partial charge < -0.3 is 10.1 Å². The maximum absolute atomic E-state index is 13.3. The van der Waals surface area contributed by atoms with Crippen LogP contribution in [-0.4, -0.2) is 43.9 Å². The molecule has 2 N–H and O–H groups in total. The maximum Gasteiger partial charge on any atom is 0.262 e. The summed E-state index contributed by atoms with van der Waals surface area (Å²) in [5.41, 5.74) is 4.19. The molecule has 0 saturated carbocycles. The first-order chi connectivity index (χ1) is 19.8. The van der Waals surface area contributed by atoms with Crippen LogP contribution in [0.1, 0.15) is 11.1 Å². The predicted octanol–water partition coefficient (Wildman–Crippen LogP) is 4.18. The fourth-order valence-corrected chi connectivity index (χ4v) is 5.06. The molecule has 4 rings (SSSR count). The molecule has 4 aromatic carbocycles. The predicted molar refractivity (Wildman–Crippen MR) is 153 cm³/mol. The van der Waals surface area contributed by atoms with Gasteiger partial charge in [-0.1, -0.05) is 48.5 Å². The Kier molecular flexibility index (Phi) is 9.92. The Bertz CT molecular complexity index is 1580. The summed E-state index contributed by atoms with van der Waals surface area (Å²) in [5, 5.41) is 6.54. The average molecular weight is 575 g/mol. The first kappa shape index (κ1) is 29.1. The summed E-state index contributed by atoms with van der Waals surface area (Å²) >= 11 is 0. The van der Waals surface area contributed by atoms with E-state index in [-0.39, 0.29) is 18.0 Å². The number of carbonyl (C=O) groups excluding carboxylic acids is 2. The molecule has 2 amide bonds. The van der Waals surface area contributed by atoms with Crippen molar-refractivity contribution < 1.29 is 27.1 Å². The van der Waals surface area contributed by atoms with Crippen LogP contribution < -0.4 is 15.5 Å². The highest BCUT2D eigenvalue weighted by molar-refractivity contribution is 7.89. The molecule has 11 heteroatoms. The third-order valence-electron chi connectivity index (χ3n) is 5.68. The summed E-state index contributed by atoms with van der Waals surface area (Å²) in [6, 6.07) is 28.9. The van der Waals surface area contributed by atoms with Gasteiger partial charge in [-0.2, -0.15) is 9.41 Å². The molecule has 41 heavy (non-hydrogen) atoms. The largest absolute Gasteiger partial charge is 0.484 e. The average Bonchev–Trinajstić information content (AvgIpc) is 2.98. The zero-order valence-electron chi connectivity index (χ0n) is 21.8. The van der Waals surface area contributed by atoms with Gasteiger partial charge >= 0.3 is 0 Å². The third kappa shape index (κ3) is 8.82. The molecular weight excluding hydrogens is 547 g/mol. The normalized spacial score (nSPS) is 11.4. The minimum Gasteiger partial charge on any atom is -0.484 e. The van der Waals surface area contributed by atoms with Crippen LogP contribution in [0.4, 0.5) is 10.1 Å². The van der Waals surface area contributed by atoms with E-state index in [4.69, 9.17) is 4.74 Å². The van der Waals surface area contributed by atoms with Gasteiger partial charge in [0.2, 0.25) is 10.0 Å². The van der Waals surface area contributed by atoms with E-state index in [0.29, 0.717) is 17.0 Å². The van der Waals surface area contributed by atoms with E-state index in [1.807, 2.05) is 6.07 Å². The Morgan fingerprint density at radius 3 is 2.12 bits per heavy atom. The third-order valence-corrected chi connectivity index (χ3v) is 7.49. The van der Waals surface area contributed by atoms with Crippen molar-refractivity contribution in [2.24, 2.45) is 5.10 Å². The Hall–Kier alpha value is -4.87. The van der Waals surface area contributed by atoms with Crippen LogP contribution in [0.25, 0.3) is 0 Å². The van der Waals surface area contributed by atoms with Crippen molar-refractivity contribution in [3.63, 3.8) is 0 Å². The number of hydrogen-bond donors (Lipinski definition) is 2. The van der Waals surface area contributed by atoms with Gasteiger partial charge in [0.25, 0.3) is 11.8 Å². The number of nitrogens with zero attached hydrogens (tertiary/aromatic N) is 2. The summed E-state index contributed by atoms with van der Waals surface area (Å²) in [5.74, 6) is -0.976. The standard InChI is InChI=1S/C30H27FN4O5S/c31-25-13-15-26(16-14-25)33-30(37)22-40-27-17-11-23(12-18-27)19-32-34-29(36)21-35(20-24-7-3-1-4-8-24)41(38,39)28-9-5-2-6-10-28/h1-19H,20-22H2,(H,33,37)(H,34,36)/b32-19+. The van der Waals surface area contributed by atoms with Crippen molar-refractivity contribution in [3.8, 4) is 5.75 Å². The zero-order chi connectivity index (χ0) is 29.1. The number of benzene rings is 4. The van der Waals surface area contributed by atoms with Gasteiger partial charge in [0.1, 0.15) is 11.6 Å². The van der Waals surface area contributed by atoms with Crippen LogP contribution in [0.15, 0.2) is 119 Å². The highest BCUT2D eigenvalue weighted by atomic mass is 32.2. The van der Waals surface area contributed by atoms with E-state index in [1.54, 1.807) is 66.7 Å². The van der Waals surface area contributed by atoms with Crippen molar-refractivity contribution in [2.45, 2.75) is 11.4 Å². The lowest BCUT2D eigenvalue weighted by Crippen LogP contribution is -2.39. The second-order valence-corrected chi connectivity index (χ2v) is 10.7. The fourth-order valence-electron chi connectivity index (χ4n) is 3.66. The van der Waals surface area contributed by atoms with Crippen LogP contribution in [0.5, 0.6) is 5.75 Å². The van der Waals surface area contributed by atoms with Crippen LogP contribution in [0.3, 0.4) is 0 Å². The molecular formula is C30H27FN4O5S. The van der Waals surface area contributed by atoms with Gasteiger partial charge in [-0.15, -0.1) is 0 Å². The Balaban J connectivity index is 1.31. The van der Waals surface area contributed by atoms with Gasteiger partial charge in [0.05, 0.1) is 17.7 Å². The van der Waals surface area contributed by atoms with E-state index in [2.05, 4.69) is 15.8 Å². The number of nitrogens with one attached hydrogen (secondary N) is 2. The molecule has 0 heterocycles. The summed E-state index contributed by atoms with van der Waals surface area (Å²) in [7, 11) is -3.94. The number of hydrogen-bond acceptors (Lipinski definition) is 6. The van der Waals surface area contributed by atoms with Crippen LogP contribution in [0.2, 0.25) is 0 Å². The number of hydrazone groups is 1. The molecule has 0 atom stereocenters. The van der Waals surface area contributed by atoms with E-state index >= 15 is 0 Å². The second-order valence-electron chi connectivity index (χ2n) is 8.78. The number of ether oxygens (including phenoxy) is 1. The molecule has 0 bridgehead atoms. The Labute approximate surface area is 237 Å². The minimum atomic E-state index is -3.94. The number of carbonyl (C=O) groups is 2.